The van der Waals surface area contributed by atoms with Crippen LogP contribution in [0.3, 0.4) is 0 Å². The Balaban J connectivity index is 3.02. The van der Waals surface area contributed by atoms with E-state index in [2.05, 4.69) is 5.32 Å². The monoisotopic (exact) mass is 283 g/mol. The molecule has 1 rings (SSSR count). The molecule has 1 aromatic rings. The van der Waals surface area contributed by atoms with Gasteiger partial charge in [-0.15, -0.1) is 0 Å². The number of carbonyl (C=O) groups is 1. The molecule has 0 saturated carbocycles. The first-order chi connectivity index (χ1) is 9.30. The van der Waals surface area contributed by atoms with Crippen molar-refractivity contribution in [3.05, 3.63) is 17.7 Å². The maximum Gasteiger partial charge on any atom is 0.412 e. The second-order valence-corrected chi connectivity index (χ2v) is 5.15. The summed E-state index contributed by atoms with van der Waals surface area (Å²) in [4.78, 5) is 11.8. The van der Waals surface area contributed by atoms with Crippen LogP contribution in [0.4, 0.5) is 10.5 Å². The van der Waals surface area contributed by atoms with E-state index in [0.717, 1.165) is 0 Å². The number of ether oxygens (including phenoxy) is 3. The van der Waals surface area contributed by atoms with E-state index in [1.54, 1.807) is 32.9 Å². The molecule has 112 valence electrons. The molecule has 0 aliphatic heterocycles. The molecule has 6 heteroatoms. The van der Waals surface area contributed by atoms with Gasteiger partial charge in [0.05, 0.1) is 26.5 Å². The number of amides is 1. The molecule has 20 heavy (non-hydrogen) atoms. The molecule has 0 bridgehead atoms. The lowest BCUT2D eigenvalue weighted by Gasteiger charge is -2.21. The molecule has 0 aliphatic carbocycles. The third kappa shape index (κ3) is 4.31. The number of benzene rings is 1. The summed E-state index contributed by atoms with van der Waals surface area (Å²) in [5, 5.41) is 11.9. The van der Waals surface area contributed by atoms with Gasteiger partial charge in [0.25, 0.3) is 0 Å². The Labute approximate surface area is 118 Å². The first kappa shape index (κ1) is 16.1. The van der Waals surface area contributed by atoms with E-state index < -0.39 is 11.7 Å². The molecular formula is C14H21NO5. The number of methoxy groups -OCH3 is 2. The lowest BCUT2D eigenvalue weighted by molar-refractivity contribution is 0.0635. The van der Waals surface area contributed by atoms with Gasteiger partial charge in [-0.1, -0.05) is 0 Å². The van der Waals surface area contributed by atoms with Crippen LogP contribution in [-0.4, -0.2) is 31.0 Å². The lowest BCUT2D eigenvalue weighted by Crippen LogP contribution is -2.27. The van der Waals surface area contributed by atoms with E-state index in [-0.39, 0.29) is 6.61 Å². The van der Waals surface area contributed by atoms with Gasteiger partial charge in [-0.05, 0) is 26.8 Å². The van der Waals surface area contributed by atoms with Crippen LogP contribution < -0.4 is 14.8 Å². The van der Waals surface area contributed by atoms with Crippen LogP contribution in [0, 0.1) is 0 Å². The fourth-order valence-electron chi connectivity index (χ4n) is 1.58. The summed E-state index contributed by atoms with van der Waals surface area (Å²) in [5.74, 6) is 0.932. The molecule has 0 unspecified atom stereocenters. The van der Waals surface area contributed by atoms with Crippen LogP contribution in [0.5, 0.6) is 11.5 Å². The Morgan fingerprint density at radius 3 is 2.20 bits per heavy atom. The van der Waals surface area contributed by atoms with Gasteiger partial charge in [0.1, 0.15) is 5.60 Å². The summed E-state index contributed by atoms with van der Waals surface area (Å²) in [6.07, 6.45) is -0.598. The third-order valence-electron chi connectivity index (χ3n) is 2.42. The second kappa shape index (κ2) is 6.47. The molecule has 0 atom stereocenters. The number of anilines is 1. The molecule has 0 spiro atoms. The topological polar surface area (TPSA) is 77.0 Å². The van der Waals surface area contributed by atoms with Gasteiger partial charge < -0.3 is 19.3 Å². The van der Waals surface area contributed by atoms with Crippen molar-refractivity contribution in [2.45, 2.75) is 33.0 Å². The third-order valence-corrected chi connectivity index (χ3v) is 2.42. The predicted molar refractivity (Wildman–Crippen MR) is 75.3 cm³/mol. The molecule has 1 amide bonds. The molecule has 0 saturated heterocycles. The Morgan fingerprint density at radius 1 is 1.20 bits per heavy atom. The van der Waals surface area contributed by atoms with Crippen LogP contribution in [0.25, 0.3) is 0 Å². The first-order valence-electron chi connectivity index (χ1n) is 6.16. The summed E-state index contributed by atoms with van der Waals surface area (Å²) < 4.78 is 15.5. The van der Waals surface area contributed by atoms with Crippen molar-refractivity contribution in [2.24, 2.45) is 0 Å². The number of hydrogen-bond acceptors (Lipinski definition) is 5. The highest BCUT2D eigenvalue weighted by Crippen LogP contribution is 2.33. The van der Waals surface area contributed by atoms with Gasteiger partial charge in [-0.2, -0.15) is 0 Å². The average molecular weight is 283 g/mol. The van der Waals surface area contributed by atoms with Crippen LogP contribution in [0.2, 0.25) is 0 Å². The van der Waals surface area contributed by atoms with E-state index in [0.29, 0.717) is 22.7 Å². The minimum Gasteiger partial charge on any atom is -0.493 e. The van der Waals surface area contributed by atoms with Crippen LogP contribution >= 0.6 is 0 Å². The van der Waals surface area contributed by atoms with Crippen molar-refractivity contribution in [1.82, 2.24) is 0 Å². The van der Waals surface area contributed by atoms with Gasteiger partial charge in [0.15, 0.2) is 11.5 Å². The second-order valence-electron chi connectivity index (χ2n) is 5.15. The molecule has 1 aromatic carbocycles. The molecule has 0 fully saturated rings. The Morgan fingerprint density at radius 2 is 1.75 bits per heavy atom. The summed E-state index contributed by atoms with van der Waals surface area (Å²) in [7, 11) is 2.99. The standard InChI is InChI=1S/C14H21NO5/c1-14(2,3)20-13(17)15-10-7-12(19-5)11(18-4)6-9(10)8-16/h6-7,16H,8H2,1-5H3,(H,15,17). The molecule has 0 heterocycles. The SMILES string of the molecule is COc1cc(CO)c(NC(=O)OC(C)(C)C)cc1OC. The quantitative estimate of drug-likeness (QED) is 0.888. The Kier molecular flexibility index (Phi) is 5.21. The number of rotatable bonds is 4. The lowest BCUT2D eigenvalue weighted by atomic mass is 10.1. The van der Waals surface area contributed by atoms with Gasteiger partial charge in [-0.25, -0.2) is 4.79 Å². The molecule has 2 N–H and O–H groups in total. The van der Waals surface area contributed by atoms with Crippen LogP contribution in [0.15, 0.2) is 12.1 Å². The first-order valence-corrected chi connectivity index (χ1v) is 6.16. The average Bonchev–Trinajstić information content (AvgIpc) is 2.35. The van der Waals surface area contributed by atoms with Crippen LogP contribution in [-0.2, 0) is 11.3 Å². The highest BCUT2D eigenvalue weighted by atomic mass is 16.6. The van der Waals surface area contributed by atoms with Gasteiger partial charge in [0.2, 0.25) is 0 Å². The number of nitrogens with one attached hydrogen (secondary N) is 1. The predicted octanol–water partition coefficient (Wildman–Crippen LogP) is 2.54. The fourth-order valence-corrected chi connectivity index (χ4v) is 1.58. The van der Waals surface area contributed by atoms with Crippen molar-refractivity contribution in [2.75, 3.05) is 19.5 Å². The molecule has 0 aliphatic rings. The van der Waals surface area contributed by atoms with Crippen molar-refractivity contribution >= 4 is 11.8 Å². The van der Waals surface area contributed by atoms with Crippen molar-refractivity contribution < 1.29 is 24.1 Å². The molecular weight excluding hydrogens is 262 g/mol. The number of aliphatic hydroxyl groups is 1. The van der Waals surface area contributed by atoms with E-state index >= 15 is 0 Å². The minimum atomic E-state index is -0.598. The highest BCUT2D eigenvalue weighted by molar-refractivity contribution is 5.86. The van der Waals surface area contributed by atoms with Crippen LogP contribution in [0.1, 0.15) is 26.3 Å². The summed E-state index contributed by atoms with van der Waals surface area (Å²) >= 11 is 0. The molecule has 0 aromatic heterocycles. The van der Waals surface area contributed by atoms with E-state index in [9.17, 15) is 9.90 Å². The molecule has 6 nitrogen and oxygen atoms in total. The minimum absolute atomic E-state index is 0.245. The Bertz CT molecular complexity index is 479. The maximum atomic E-state index is 11.8. The summed E-state index contributed by atoms with van der Waals surface area (Å²) in [6.45, 7) is 5.07. The zero-order valence-electron chi connectivity index (χ0n) is 12.4. The Hall–Kier alpha value is -1.95. The largest absolute Gasteiger partial charge is 0.493 e. The fraction of sp³-hybridized carbons (Fsp3) is 0.500. The highest BCUT2D eigenvalue weighted by Gasteiger charge is 2.18. The number of hydrogen-bond donors (Lipinski definition) is 2. The zero-order valence-corrected chi connectivity index (χ0v) is 12.4. The van der Waals surface area contributed by atoms with Gasteiger partial charge >= 0.3 is 6.09 Å². The van der Waals surface area contributed by atoms with Crippen molar-refractivity contribution in [3.63, 3.8) is 0 Å². The smallest absolute Gasteiger partial charge is 0.412 e. The zero-order chi connectivity index (χ0) is 15.3. The van der Waals surface area contributed by atoms with Crippen molar-refractivity contribution in [3.8, 4) is 11.5 Å². The maximum absolute atomic E-state index is 11.8. The van der Waals surface area contributed by atoms with E-state index in [4.69, 9.17) is 14.2 Å². The number of aliphatic hydroxyl groups excluding tert-OH is 1. The van der Waals surface area contributed by atoms with E-state index in [1.807, 2.05) is 0 Å². The molecule has 0 radical (unpaired) electrons. The van der Waals surface area contributed by atoms with Gasteiger partial charge in [0, 0.05) is 11.6 Å². The summed E-state index contributed by atoms with van der Waals surface area (Å²) in [5.41, 5.74) is 0.327. The normalized spacial score (nSPS) is 10.9. The van der Waals surface area contributed by atoms with E-state index in [1.165, 1.54) is 14.2 Å². The number of carbonyl (C=O) groups excluding carboxylic acids is 1. The summed E-state index contributed by atoms with van der Waals surface area (Å²) in [6, 6.07) is 3.18. The van der Waals surface area contributed by atoms with Crippen molar-refractivity contribution in [1.29, 1.82) is 0 Å². The van der Waals surface area contributed by atoms with Gasteiger partial charge in [-0.3, -0.25) is 5.32 Å².